The van der Waals surface area contributed by atoms with Gasteiger partial charge in [0, 0.05) is 5.02 Å². The van der Waals surface area contributed by atoms with Crippen molar-refractivity contribution in [3.63, 3.8) is 0 Å². The molecule has 1 saturated heterocycles. The van der Waals surface area contributed by atoms with Gasteiger partial charge in [0.2, 0.25) is 0 Å². The number of esters is 1. The summed E-state index contributed by atoms with van der Waals surface area (Å²) < 4.78 is 23.0. The van der Waals surface area contributed by atoms with Crippen LogP contribution in [0.15, 0.2) is 42.5 Å². The Morgan fingerprint density at radius 3 is 2.64 bits per heavy atom. The monoisotopic (exact) mass is 404 g/mol. The van der Waals surface area contributed by atoms with Gasteiger partial charge in [-0.15, -0.1) is 0 Å². The van der Waals surface area contributed by atoms with Gasteiger partial charge in [0.15, 0.2) is 11.9 Å². The van der Waals surface area contributed by atoms with E-state index in [0.717, 1.165) is 5.56 Å². The highest BCUT2D eigenvalue weighted by Crippen LogP contribution is 2.49. The molecule has 1 heterocycles. The summed E-state index contributed by atoms with van der Waals surface area (Å²) in [5.41, 5.74) is 1.68. The SMILES string of the molecule is COc1ccc2c(c1)[C@H]1OC(C)(C)O[C@H]1[C@H](OC(=O)c1cccc(Cl)c1)[C@@H]2O. The number of rotatable bonds is 3. The van der Waals surface area contributed by atoms with E-state index in [0.29, 0.717) is 21.9 Å². The van der Waals surface area contributed by atoms with Crippen LogP contribution in [0.2, 0.25) is 5.02 Å². The molecule has 2 aliphatic rings. The van der Waals surface area contributed by atoms with Crippen molar-refractivity contribution < 1.29 is 28.8 Å². The van der Waals surface area contributed by atoms with Gasteiger partial charge in [0.05, 0.1) is 12.7 Å². The topological polar surface area (TPSA) is 74.2 Å². The molecule has 28 heavy (non-hydrogen) atoms. The van der Waals surface area contributed by atoms with E-state index in [4.69, 9.17) is 30.5 Å². The Bertz CT molecular complexity index is 912. The summed E-state index contributed by atoms with van der Waals surface area (Å²) in [5.74, 6) is -0.830. The highest BCUT2D eigenvalue weighted by atomic mass is 35.5. The molecule has 4 atom stereocenters. The van der Waals surface area contributed by atoms with E-state index in [9.17, 15) is 9.90 Å². The zero-order valence-electron chi connectivity index (χ0n) is 15.7. The fraction of sp³-hybridized carbons (Fsp3) is 0.381. The lowest BCUT2D eigenvalue weighted by Gasteiger charge is -2.36. The first-order valence-corrected chi connectivity index (χ1v) is 9.35. The Hall–Kier alpha value is -2.12. The van der Waals surface area contributed by atoms with Crippen LogP contribution in [-0.2, 0) is 14.2 Å². The number of aliphatic hydroxyl groups is 1. The Balaban J connectivity index is 1.70. The van der Waals surface area contributed by atoms with Crippen LogP contribution < -0.4 is 4.74 Å². The zero-order chi connectivity index (χ0) is 20.1. The quantitative estimate of drug-likeness (QED) is 0.784. The van der Waals surface area contributed by atoms with Crippen LogP contribution in [0.4, 0.5) is 0 Å². The van der Waals surface area contributed by atoms with Crippen LogP contribution in [0.25, 0.3) is 0 Å². The molecule has 1 aliphatic carbocycles. The standard InChI is InChI=1S/C21H21ClO6/c1-21(2)27-17-15-10-13(25-3)7-8-14(15)16(23)18(19(17)28-21)26-20(24)11-5-4-6-12(22)9-11/h4-10,16-19,23H,1-3H3/t16-,17-,18-,19-/m1/s1. The van der Waals surface area contributed by atoms with Crippen molar-refractivity contribution in [1.29, 1.82) is 0 Å². The van der Waals surface area contributed by atoms with Gasteiger partial charge in [-0.3, -0.25) is 0 Å². The molecule has 0 amide bonds. The molecule has 148 valence electrons. The number of hydrogen-bond acceptors (Lipinski definition) is 6. The predicted molar refractivity (Wildman–Crippen MR) is 101 cm³/mol. The van der Waals surface area contributed by atoms with Crippen LogP contribution in [0, 0.1) is 0 Å². The van der Waals surface area contributed by atoms with Crippen LogP contribution in [0.3, 0.4) is 0 Å². The van der Waals surface area contributed by atoms with E-state index in [1.54, 1.807) is 51.3 Å². The maximum Gasteiger partial charge on any atom is 0.338 e. The normalized spacial score (nSPS) is 27.6. The largest absolute Gasteiger partial charge is 0.497 e. The summed E-state index contributed by atoms with van der Waals surface area (Å²) in [6, 6.07) is 11.8. The lowest BCUT2D eigenvalue weighted by Crippen LogP contribution is -2.43. The maximum atomic E-state index is 12.7. The minimum Gasteiger partial charge on any atom is -0.497 e. The third kappa shape index (κ3) is 3.37. The lowest BCUT2D eigenvalue weighted by atomic mass is 9.83. The van der Waals surface area contributed by atoms with E-state index in [-0.39, 0.29) is 0 Å². The van der Waals surface area contributed by atoms with Gasteiger partial charge in [-0.2, -0.15) is 0 Å². The zero-order valence-corrected chi connectivity index (χ0v) is 16.5. The van der Waals surface area contributed by atoms with E-state index in [2.05, 4.69) is 0 Å². The smallest absolute Gasteiger partial charge is 0.338 e. The van der Waals surface area contributed by atoms with Crippen molar-refractivity contribution >= 4 is 17.6 Å². The summed E-state index contributed by atoms with van der Waals surface area (Å²) in [7, 11) is 1.57. The number of halogens is 1. The number of carbonyl (C=O) groups excluding carboxylic acids is 1. The van der Waals surface area contributed by atoms with E-state index < -0.39 is 36.2 Å². The molecule has 2 aromatic carbocycles. The molecular weight excluding hydrogens is 384 g/mol. The maximum absolute atomic E-state index is 12.7. The highest BCUT2D eigenvalue weighted by Gasteiger charge is 2.54. The molecule has 0 radical (unpaired) electrons. The molecule has 0 unspecified atom stereocenters. The van der Waals surface area contributed by atoms with Crippen LogP contribution in [0.1, 0.15) is 47.5 Å². The fourth-order valence-electron chi connectivity index (χ4n) is 3.76. The first-order chi connectivity index (χ1) is 13.3. The van der Waals surface area contributed by atoms with Crippen molar-refractivity contribution in [1.82, 2.24) is 0 Å². The average molecular weight is 405 g/mol. The second-order valence-electron chi connectivity index (χ2n) is 7.34. The van der Waals surface area contributed by atoms with Crippen molar-refractivity contribution in [2.24, 2.45) is 0 Å². The van der Waals surface area contributed by atoms with Gasteiger partial charge >= 0.3 is 5.97 Å². The summed E-state index contributed by atoms with van der Waals surface area (Å²) in [4.78, 5) is 12.7. The Morgan fingerprint density at radius 2 is 1.93 bits per heavy atom. The number of carbonyl (C=O) groups is 1. The van der Waals surface area contributed by atoms with Crippen molar-refractivity contribution in [3.8, 4) is 5.75 Å². The molecule has 1 fully saturated rings. The van der Waals surface area contributed by atoms with Crippen LogP contribution >= 0.6 is 11.6 Å². The molecule has 1 N–H and O–H groups in total. The molecule has 0 spiro atoms. The molecule has 2 aromatic rings. The van der Waals surface area contributed by atoms with Crippen LogP contribution in [0.5, 0.6) is 5.75 Å². The number of ether oxygens (including phenoxy) is 4. The summed E-state index contributed by atoms with van der Waals surface area (Å²) >= 11 is 5.97. The minimum atomic E-state index is -1.07. The lowest BCUT2D eigenvalue weighted by molar-refractivity contribution is -0.162. The second-order valence-corrected chi connectivity index (χ2v) is 7.78. The minimum absolute atomic E-state index is 0.301. The van der Waals surface area contributed by atoms with Gasteiger partial charge in [-0.25, -0.2) is 4.79 Å². The first kappa shape index (κ1) is 19.2. The summed E-state index contributed by atoms with van der Waals surface area (Å²) in [6.07, 6.45) is -3.16. The van der Waals surface area contributed by atoms with Gasteiger partial charge in [-0.1, -0.05) is 23.7 Å². The summed E-state index contributed by atoms with van der Waals surface area (Å²) in [6.45, 7) is 3.57. The number of methoxy groups -OCH3 is 1. The Labute approximate surface area is 167 Å². The average Bonchev–Trinajstić information content (AvgIpc) is 3.00. The van der Waals surface area contributed by atoms with Crippen LogP contribution in [-0.4, -0.2) is 36.2 Å². The fourth-order valence-corrected chi connectivity index (χ4v) is 3.95. The third-order valence-corrected chi connectivity index (χ3v) is 5.22. The van der Waals surface area contributed by atoms with Gasteiger partial charge in [0.25, 0.3) is 0 Å². The van der Waals surface area contributed by atoms with Gasteiger partial charge in [-0.05, 0) is 55.3 Å². The van der Waals surface area contributed by atoms with Crippen molar-refractivity contribution in [2.75, 3.05) is 7.11 Å². The Morgan fingerprint density at radius 1 is 1.14 bits per heavy atom. The summed E-state index contributed by atoms with van der Waals surface area (Å²) in [5, 5.41) is 11.4. The van der Waals surface area contributed by atoms with Crippen molar-refractivity contribution in [3.05, 3.63) is 64.2 Å². The molecule has 1 aliphatic heterocycles. The molecular formula is C21H21ClO6. The number of fused-ring (bicyclic) bond motifs is 3. The van der Waals surface area contributed by atoms with Gasteiger partial charge < -0.3 is 24.1 Å². The molecule has 7 heteroatoms. The van der Waals surface area contributed by atoms with E-state index in [1.807, 2.05) is 6.07 Å². The van der Waals surface area contributed by atoms with Crippen molar-refractivity contribution in [2.45, 2.75) is 44.1 Å². The second kappa shape index (κ2) is 7.04. The highest BCUT2D eigenvalue weighted by molar-refractivity contribution is 6.30. The molecule has 0 saturated carbocycles. The molecule has 6 nitrogen and oxygen atoms in total. The molecule has 4 rings (SSSR count). The number of hydrogen-bond donors (Lipinski definition) is 1. The first-order valence-electron chi connectivity index (χ1n) is 8.97. The number of benzene rings is 2. The Kier molecular flexibility index (Phi) is 4.83. The molecule has 0 bridgehead atoms. The third-order valence-electron chi connectivity index (χ3n) is 4.99. The number of aliphatic hydroxyl groups excluding tert-OH is 1. The van der Waals surface area contributed by atoms with E-state index >= 15 is 0 Å². The van der Waals surface area contributed by atoms with Gasteiger partial charge in [0.1, 0.15) is 24.1 Å². The van der Waals surface area contributed by atoms with E-state index in [1.165, 1.54) is 6.07 Å². The molecule has 0 aromatic heterocycles. The predicted octanol–water partition coefficient (Wildman–Crippen LogP) is 3.81.